The molecule has 1 aromatic carbocycles. The number of rotatable bonds is 5. The monoisotopic (exact) mass is 309 g/mol. The van der Waals surface area contributed by atoms with Crippen LogP contribution in [0.15, 0.2) is 18.2 Å². The Bertz CT molecular complexity index is 575. The van der Waals surface area contributed by atoms with E-state index in [9.17, 15) is 14.0 Å². The van der Waals surface area contributed by atoms with Crippen LogP contribution in [-0.4, -0.2) is 24.1 Å². The fourth-order valence-corrected chi connectivity index (χ4v) is 2.81. The molecule has 3 atom stereocenters. The van der Waals surface area contributed by atoms with Crippen LogP contribution in [0.2, 0.25) is 0 Å². The molecule has 0 bridgehead atoms. The predicted octanol–water partition coefficient (Wildman–Crippen LogP) is 2.51. The van der Waals surface area contributed by atoms with Gasteiger partial charge < -0.3 is 15.2 Å². The van der Waals surface area contributed by atoms with Gasteiger partial charge in [0.1, 0.15) is 0 Å². The summed E-state index contributed by atoms with van der Waals surface area (Å²) in [7, 11) is 1.39. The standard InChI is InChI=1S/C16H20FNO4/c1-9(10-5-6-14(22-2)13(17)8-10)18-15(19)11-3-4-12(7-11)16(20)21/h5-6,8-9,11-12H,3-4,7H2,1-2H3,(H,18,19)(H,20,21)/t9?,11-,12+/m1/s1. The molecule has 1 aliphatic rings. The van der Waals surface area contributed by atoms with Crippen LogP contribution < -0.4 is 10.1 Å². The van der Waals surface area contributed by atoms with Gasteiger partial charge in [0, 0.05) is 5.92 Å². The third-order valence-corrected chi connectivity index (χ3v) is 4.19. The van der Waals surface area contributed by atoms with Crippen molar-refractivity contribution in [3.05, 3.63) is 29.6 Å². The van der Waals surface area contributed by atoms with E-state index in [2.05, 4.69) is 5.32 Å². The van der Waals surface area contributed by atoms with E-state index in [1.807, 2.05) is 0 Å². The average Bonchev–Trinajstić information content (AvgIpc) is 2.97. The Morgan fingerprint density at radius 1 is 1.36 bits per heavy atom. The molecule has 0 aliphatic heterocycles. The number of amides is 1. The van der Waals surface area contributed by atoms with E-state index in [1.165, 1.54) is 19.2 Å². The van der Waals surface area contributed by atoms with Gasteiger partial charge in [-0.25, -0.2) is 4.39 Å². The van der Waals surface area contributed by atoms with Crippen molar-refractivity contribution in [3.8, 4) is 5.75 Å². The first-order chi connectivity index (χ1) is 10.4. The third-order valence-electron chi connectivity index (χ3n) is 4.19. The highest BCUT2D eigenvalue weighted by Gasteiger charge is 2.34. The fourth-order valence-electron chi connectivity index (χ4n) is 2.81. The molecule has 0 radical (unpaired) electrons. The van der Waals surface area contributed by atoms with Gasteiger partial charge in [0.05, 0.1) is 19.1 Å². The number of carboxylic acid groups (broad SMARTS) is 1. The lowest BCUT2D eigenvalue weighted by Crippen LogP contribution is -2.32. The molecule has 1 amide bonds. The van der Waals surface area contributed by atoms with Crippen LogP contribution in [0.3, 0.4) is 0 Å². The number of benzene rings is 1. The Hall–Kier alpha value is -2.11. The Morgan fingerprint density at radius 2 is 2.05 bits per heavy atom. The minimum Gasteiger partial charge on any atom is -0.494 e. The molecule has 1 unspecified atom stereocenters. The Labute approximate surface area is 128 Å². The zero-order chi connectivity index (χ0) is 16.3. The summed E-state index contributed by atoms with van der Waals surface area (Å²) in [6, 6.07) is 4.19. The second-order valence-electron chi connectivity index (χ2n) is 5.67. The average molecular weight is 309 g/mol. The largest absolute Gasteiger partial charge is 0.494 e. The maximum Gasteiger partial charge on any atom is 0.306 e. The number of carboxylic acids is 1. The minimum atomic E-state index is -0.847. The van der Waals surface area contributed by atoms with Gasteiger partial charge in [-0.1, -0.05) is 6.07 Å². The van der Waals surface area contributed by atoms with Crippen molar-refractivity contribution in [2.75, 3.05) is 7.11 Å². The Morgan fingerprint density at radius 3 is 2.59 bits per heavy atom. The van der Waals surface area contributed by atoms with Gasteiger partial charge in [0.2, 0.25) is 5.91 Å². The van der Waals surface area contributed by atoms with Crippen molar-refractivity contribution >= 4 is 11.9 Å². The highest BCUT2D eigenvalue weighted by atomic mass is 19.1. The van der Waals surface area contributed by atoms with Gasteiger partial charge in [0.15, 0.2) is 11.6 Å². The molecule has 1 aliphatic carbocycles. The molecule has 0 heterocycles. The van der Waals surface area contributed by atoms with E-state index < -0.39 is 17.7 Å². The van der Waals surface area contributed by atoms with Gasteiger partial charge in [-0.2, -0.15) is 0 Å². The van der Waals surface area contributed by atoms with Crippen LogP contribution in [0.1, 0.15) is 37.8 Å². The summed E-state index contributed by atoms with van der Waals surface area (Å²) >= 11 is 0. The van der Waals surface area contributed by atoms with Crippen molar-refractivity contribution in [1.29, 1.82) is 0 Å². The van der Waals surface area contributed by atoms with Crippen LogP contribution >= 0.6 is 0 Å². The summed E-state index contributed by atoms with van der Waals surface area (Å²) in [5, 5.41) is 11.8. The molecule has 1 fully saturated rings. The lowest BCUT2D eigenvalue weighted by molar-refractivity contribution is -0.141. The molecule has 6 heteroatoms. The normalized spacial score (nSPS) is 22.1. The van der Waals surface area contributed by atoms with Crippen LogP contribution in [0.25, 0.3) is 0 Å². The zero-order valence-corrected chi connectivity index (χ0v) is 12.6. The molecular weight excluding hydrogens is 289 g/mol. The smallest absolute Gasteiger partial charge is 0.306 e. The van der Waals surface area contributed by atoms with Crippen LogP contribution in [0.4, 0.5) is 4.39 Å². The molecule has 0 aromatic heterocycles. The van der Waals surface area contributed by atoms with Crippen LogP contribution in [0.5, 0.6) is 5.75 Å². The molecule has 1 saturated carbocycles. The number of ether oxygens (including phenoxy) is 1. The third kappa shape index (κ3) is 3.55. The summed E-state index contributed by atoms with van der Waals surface area (Å²) in [6.07, 6.45) is 1.47. The molecule has 2 N–H and O–H groups in total. The summed E-state index contributed by atoms with van der Waals surface area (Å²) in [4.78, 5) is 23.1. The van der Waals surface area contributed by atoms with Crippen molar-refractivity contribution < 1.29 is 23.8 Å². The SMILES string of the molecule is COc1ccc(C(C)NC(=O)[C@@H]2CC[C@H](C(=O)O)C2)cc1F. The van der Waals surface area contributed by atoms with E-state index in [1.54, 1.807) is 13.0 Å². The van der Waals surface area contributed by atoms with Crippen LogP contribution in [-0.2, 0) is 9.59 Å². The zero-order valence-electron chi connectivity index (χ0n) is 12.6. The molecule has 5 nitrogen and oxygen atoms in total. The second kappa shape index (κ2) is 6.77. The molecular formula is C16H20FNO4. The van der Waals surface area contributed by atoms with Gasteiger partial charge in [-0.05, 0) is 43.9 Å². The van der Waals surface area contributed by atoms with Gasteiger partial charge in [-0.3, -0.25) is 9.59 Å². The first kappa shape index (κ1) is 16.3. The van der Waals surface area contributed by atoms with Crippen LogP contribution in [0, 0.1) is 17.7 Å². The second-order valence-corrected chi connectivity index (χ2v) is 5.67. The Kier molecular flexibility index (Phi) is 5.00. The number of nitrogens with one attached hydrogen (secondary N) is 1. The number of hydrogen-bond donors (Lipinski definition) is 2. The number of halogens is 1. The van der Waals surface area contributed by atoms with E-state index in [0.717, 1.165) is 0 Å². The molecule has 0 saturated heterocycles. The highest BCUT2D eigenvalue weighted by Crippen LogP contribution is 2.31. The number of aliphatic carboxylic acids is 1. The summed E-state index contributed by atoms with van der Waals surface area (Å²) < 4.78 is 18.5. The lowest BCUT2D eigenvalue weighted by Gasteiger charge is -2.18. The molecule has 120 valence electrons. The number of carbonyl (C=O) groups is 2. The van der Waals surface area contributed by atoms with E-state index in [0.29, 0.717) is 24.8 Å². The molecule has 0 spiro atoms. The van der Waals surface area contributed by atoms with Crippen molar-refractivity contribution in [3.63, 3.8) is 0 Å². The van der Waals surface area contributed by atoms with Crippen molar-refractivity contribution in [1.82, 2.24) is 5.32 Å². The van der Waals surface area contributed by atoms with Crippen molar-refractivity contribution in [2.24, 2.45) is 11.8 Å². The van der Waals surface area contributed by atoms with Gasteiger partial charge >= 0.3 is 5.97 Å². The first-order valence-electron chi connectivity index (χ1n) is 7.29. The minimum absolute atomic E-state index is 0.155. The van der Waals surface area contributed by atoms with E-state index in [4.69, 9.17) is 9.84 Å². The summed E-state index contributed by atoms with van der Waals surface area (Å²) in [5.41, 5.74) is 0.638. The van der Waals surface area contributed by atoms with Gasteiger partial charge in [0.25, 0.3) is 0 Å². The maximum absolute atomic E-state index is 13.7. The molecule has 22 heavy (non-hydrogen) atoms. The number of carbonyl (C=O) groups excluding carboxylic acids is 1. The highest BCUT2D eigenvalue weighted by molar-refractivity contribution is 5.81. The van der Waals surface area contributed by atoms with E-state index in [-0.39, 0.29) is 23.6 Å². The first-order valence-corrected chi connectivity index (χ1v) is 7.29. The quantitative estimate of drug-likeness (QED) is 0.876. The number of hydrogen-bond acceptors (Lipinski definition) is 3. The summed E-state index contributed by atoms with van der Waals surface area (Å²) in [5.74, 6) is -2.07. The lowest BCUT2D eigenvalue weighted by atomic mass is 10.0. The Balaban J connectivity index is 1.97. The van der Waals surface area contributed by atoms with Gasteiger partial charge in [-0.15, -0.1) is 0 Å². The molecule has 1 aromatic rings. The summed E-state index contributed by atoms with van der Waals surface area (Å²) in [6.45, 7) is 1.77. The van der Waals surface area contributed by atoms with Crippen molar-refractivity contribution in [2.45, 2.75) is 32.2 Å². The maximum atomic E-state index is 13.7. The predicted molar refractivity (Wildman–Crippen MR) is 78.0 cm³/mol. The van der Waals surface area contributed by atoms with E-state index >= 15 is 0 Å². The fraction of sp³-hybridized carbons (Fsp3) is 0.500. The topological polar surface area (TPSA) is 75.6 Å². The molecule has 2 rings (SSSR count). The number of methoxy groups -OCH3 is 1.